The lowest BCUT2D eigenvalue weighted by Gasteiger charge is -2.27. The predicted octanol–water partition coefficient (Wildman–Crippen LogP) is 5.79. The second-order valence-corrected chi connectivity index (χ2v) is 9.03. The molecule has 0 N–H and O–H groups in total. The van der Waals surface area contributed by atoms with Crippen molar-refractivity contribution in [2.24, 2.45) is 0 Å². The first kappa shape index (κ1) is 21.6. The molecule has 0 spiro atoms. The molecule has 0 radical (unpaired) electrons. The molecule has 33 heavy (non-hydrogen) atoms. The van der Waals surface area contributed by atoms with Crippen LogP contribution in [-0.4, -0.2) is 47.8 Å². The van der Waals surface area contributed by atoms with E-state index < -0.39 is 0 Å². The summed E-state index contributed by atoms with van der Waals surface area (Å²) in [5.41, 5.74) is 4.10. The third-order valence-corrected chi connectivity index (χ3v) is 6.90. The molecule has 0 saturated heterocycles. The lowest BCUT2D eigenvalue weighted by atomic mass is 9.94. The molecule has 2 aliphatic rings. The van der Waals surface area contributed by atoms with E-state index >= 15 is 0 Å². The number of rotatable bonds is 8. The fourth-order valence-electron chi connectivity index (χ4n) is 5.07. The Morgan fingerprint density at radius 1 is 0.697 bits per heavy atom. The van der Waals surface area contributed by atoms with Gasteiger partial charge < -0.3 is 0 Å². The molecule has 0 unspecified atom stereocenters. The van der Waals surface area contributed by atoms with Gasteiger partial charge in [0.25, 0.3) is 11.8 Å². The summed E-state index contributed by atoms with van der Waals surface area (Å²) < 4.78 is 0. The molecule has 4 nitrogen and oxygen atoms in total. The minimum atomic E-state index is -0.154. The minimum Gasteiger partial charge on any atom is -0.299 e. The molecule has 0 fully saturated rings. The molecule has 5 rings (SSSR count). The number of imide groups is 1. The molecule has 3 aromatic carbocycles. The van der Waals surface area contributed by atoms with Gasteiger partial charge in [-0.05, 0) is 54.5 Å². The number of hydrogen-bond donors (Lipinski definition) is 0. The van der Waals surface area contributed by atoms with Crippen molar-refractivity contribution in [2.45, 2.75) is 32.1 Å². The maximum Gasteiger partial charge on any atom is 0.261 e. The van der Waals surface area contributed by atoms with Crippen LogP contribution in [0.2, 0.25) is 0 Å². The van der Waals surface area contributed by atoms with E-state index in [2.05, 4.69) is 41.3 Å². The van der Waals surface area contributed by atoms with E-state index in [1.165, 1.54) is 16.0 Å². The molecule has 0 aromatic heterocycles. The van der Waals surface area contributed by atoms with E-state index in [9.17, 15) is 9.59 Å². The Morgan fingerprint density at radius 2 is 1.36 bits per heavy atom. The zero-order valence-electron chi connectivity index (χ0n) is 19.0. The average Bonchev–Trinajstić information content (AvgIpc) is 2.87. The van der Waals surface area contributed by atoms with Crippen molar-refractivity contribution in [3.8, 4) is 0 Å². The smallest absolute Gasteiger partial charge is 0.261 e. The Bertz CT molecular complexity index is 1150. The number of amides is 2. The second-order valence-electron chi connectivity index (χ2n) is 9.03. The third kappa shape index (κ3) is 4.49. The number of carbonyl (C=O) groups excluding carboxylic acids is 2. The summed E-state index contributed by atoms with van der Waals surface area (Å²) >= 11 is 0. The summed E-state index contributed by atoms with van der Waals surface area (Å²) in [4.78, 5) is 29.9. The molecule has 2 aliphatic heterocycles. The van der Waals surface area contributed by atoms with Gasteiger partial charge in [-0.15, -0.1) is 0 Å². The molecule has 168 valence electrons. The molecule has 4 heteroatoms. The van der Waals surface area contributed by atoms with Gasteiger partial charge in [-0.2, -0.15) is 0 Å². The second kappa shape index (κ2) is 9.72. The van der Waals surface area contributed by atoms with Gasteiger partial charge in [0, 0.05) is 36.1 Å². The van der Waals surface area contributed by atoms with E-state index in [-0.39, 0.29) is 11.8 Å². The zero-order chi connectivity index (χ0) is 22.6. The topological polar surface area (TPSA) is 40.6 Å². The normalized spacial score (nSPS) is 16.4. The van der Waals surface area contributed by atoms with Crippen molar-refractivity contribution in [1.82, 2.24) is 9.80 Å². The summed E-state index contributed by atoms with van der Waals surface area (Å²) in [7, 11) is 0. The van der Waals surface area contributed by atoms with E-state index in [4.69, 9.17) is 0 Å². The molecular weight excluding hydrogens is 408 g/mol. The van der Waals surface area contributed by atoms with E-state index in [1.54, 1.807) is 0 Å². The quantitative estimate of drug-likeness (QED) is 0.330. The summed E-state index contributed by atoms with van der Waals surface area (Å²) in [5.74, 6) is -0.308. The lowest BCUT2D eigenvalue weighted by Crippen LogP contribution is -2.40. The van der Waals surface area contributed by atoms with Gasteiger partial charge in [-0.1, -0.05) is 73.5 Å². The standard InChI is InChI=1S/C29H30N2O2/c32-28-25-14-8-12-24-13-9-15-26(27(24)25)29(33)31(28)19-7-2-1-6-18-30-20-16-23(17-21-30)22-10-4-3-5-11-22/h3-5,8-16H,1-2,6-7,17-21H2. The van der Waals surface area contributed by atoms with Crippen LogP contribution in [0.3, 0.4) is 0 Å². The van der Waals surface area contributed by atoms with Crippen molar-refractivity contribution in [3.63, 3.8) is 0 Å². The maximum atomic E-state index is 13.0. The van der Waals surface area contributed by atoms with E-state index in [0.717, 1.165) is 62.5 Å². The predicted molar refractivity (Wildman–Crippen MR) is 133 cm³/mol. The number of nitrogens with zero attached hydrogens (tertiary/aromatic N) is 2. The maximum absolute atomic E-state index is 13.0. The van der Waals surface area contributed by atoms with Crippen molar-refractivity contribution in [3.05, 3.63) is 89.5 Å². The van der Waals surface area contributed by atoms with Gasteiger partial charge in [0.2, 0.25) is 0 Å². The van der Waals surface area contributed by atoms with Crippen molar-refractivity contribution in [1.29, 1.82) is 0 Å². The van der Waals surface area contributed by atoms with Crippen LogP contribution in [0.15, 0.2) is 72.8 Å². The summed E-state index contributed by atoms with van der Waals surface area (Å²) in [6, 6.07) is 22.0. The van der Waals surface area contributed by atoms with Crippen LogP contribution in [0, 0.1) is 0 Å². The monoisotopic (exact) mass is 438 g/mol. The Balaban J connectivity index is 1.07. The number of hydrogen-bond acceptors (Lipinski definition) is 3. The Labute approximate surface area is 195 Å². The van der Waals surface area contributed by atoms with Crippen LogP contribution >= 0.6 is 0 Å². The molecular formula is C29H30N2O2. The van der Waals surface area contributed by atoms with Crippen molar-refractivity contribution >= 4 is 28.2 Å². The van der Waals surface area contributed by atoms with Crippen LogP contribution in [0.5, 0.6) is 0 Å². The van der Waals surface area contributed by atoms with E-state index in [0.29, 0.717) is 17.7 Å². The van der Waals surface area contributed by atoms with Gasteiger partial charge in [0.1, 0.15) is 0 Å². The first-order valence-electron chi connectivity index (χ1n) is 12.1. The minimum absolute atomic E-state index is 0.154. The molecule has 2 heterocycles. The van der Waals surface area contributed by atoms with Crippen LogP contribution in [0.1, 0.15) is 58.4 Å². The van der Waals surface area contributed by atoms with Gasteiger partial charge in [0.15, 0.2) is 0 Å². The van der Waals surface area contributed by atoms with E-state index in [1.807, 2.05) is 36.4 Å². The third-order valence-electron chi connectivity index (χ3n) is 6.90. The highest BCUT2D eigenvalue weighted by molar-refractivity contribution is 6.25. The molecule has 0 saturated carbocycles. The van der Waals surface area contributed by atoms with Gasteiger partial charge in [0.05, 0.1) is 0 Å². The first-order valence-corrected chi connectivity index (χ1v) is 12.1. The molecule has 2 amide bonds. The number of benzene rings is 3. The largest absolute Gasteiger partial charge is 0.299 e. The van der Waals surface area contributed by atoms with Crippen LogP contribution < -0.4 is 0 Å². The highest BCUT2D eigenvalue weighted by Gasteiger charge is 2.32. The summed E-state index contributed by atoms with van der Waals surface area (Å²) in [6.07, 6.45) is 7.63. The Hall–Kier alpha value is -3.24. The van der Waals surface area contributed by atoms with Crippen LogP contribution in [-0.2, 0) is 0 Å². The van der Waals surface area contributed by atoms with Crippen molar-refractivity contribution in [2.75, 3.05) is 26.2 Å². The van der Waals surface area contributed by atoms with Crippen LogP contribution in [0.25, 0.3) is 16.3 Å². The summed E-state index contributed by atoms with van der Waals surface area (Å²) in [6.45, 7) is 3.74. The average molecular weight is 439 g/mol. The SMILES string of the molecule is O=C1c2cccc3cccc(c23)C(=O)N1CCCCCCN1CC=C(c2ccccc2)CC1. The fourth-order valence-corrected chi connectivity index (χ4v) is 5.07. The number of carbonyl (C=O) groups is 2. The molecule has 0 aliphatic carbocycles. The zero-order valence-corrected chi connectivity index (χ0v) is 19.0. The summed E-state index contributed by atoms with van der Waals surface area (Å²) in [5, 5.41) is 1.76. The van der Waals surface area contributed by atoms with Gasteiger partial charge >= 0.3 is 0 Å². The van der Waals surface area contributed by atoms with Gasteiger partial charge in [-0.25, -0.2) is 0 Å². The van der Waals surface area contributed by atoms with Gasteiger partial charge in [-0.3, -0.25) is 19.4 Å². The fraction of sp³-hybridized carbons (Fsp3) is 0.310. The number of unbranched alkanes of at least 4 members (excludes halogenated alkanes) is 3. The lowest BCUT2D eigenvalue weighted by molar-refractivity contribution is 0.0607. The molecule has 0 bridgehead atoms. The van der Waals surface area contributed by atoms with Crippen molar-refractivity contribution < 1.29 is 9.59 Å². The highest BCUT2D eigenvalue weighted by Crippen LogP contribution is 2.30. The first-order chi connectivity index (χ1) is 16.2. The van der Waals surface area contributed by atoms with Crippen LogP contribution in [0.4, 0.5) is 0 Å². The molecule has 0 atom stereocenters. The Kier molecular flexibility index (Phi) is 6.36. The Morgan fingerprint density at radius 3 is 2.00 bits per heavy atom. The highest BCUT2D eigenvalue weighted by atomic mass is 16.2. The molecule has 3 aromatic rings.